The summed E-state index contributed by atoms with van der Waals surface area (Å²) in [5.74, 6) is 0.133. The Balaban J connectivity index is 1.54. The van der Waals surface area contributed by atoms with Crippen LogP contribution in [-0.4, -0.2) is 40.6 Å². The lowest BCUT2D eigenvalue weighted by Crippen LogP contribution is -2.66. The largest absolute Gasteiger partial charge is 0.462 e. The average molecular weight is 568 g/mol. The quantitative estimate of drug-likeness (QED) is 0.167. The van der Waals surface area contributed by atoms with Crippen LogP contribution in [0.1, 0.15) is 113 Å². The van der Waals surface area contributed by atoms with E-state index in [9.17, 15) is 19.6 Å². The van der Waals surface area contributed by atoms with Gasteiger partial charge in [0.1, 0.15) is 6.10 Å². The minimum Gasteiger partial charge on any atom is -0.462 e. The average Bonchev–Trinajstić information content (AvgIpc) is 2.87. The van der Waals surface area contributed by atoms with E-state index in [2.05, 4.69) is 48.1 Å². The summed E-state index contributed by atoms with van der Waals surface area (Å²) in [5, 5.41) is 11.3. The van der Waals surface area contributed by atoms with Gasteiger partial charge < -0.3 is 4.74 Å². The van der Waals surface area contributed by atoms with Gasteiger partial charge in [-0.1, -0.05) is 60.1 Å². The molecular formula is C35H53NO5. The lowest BCUT2D eigenvalue weighted by Gasteiger charge is -2.70. The van der Waals surface area contributed by atoms with Crippen molar-refractivity contribution in [2.24, 2.45) is 50.2 Å². The van der Waals surface area contributed by atoms with E-state index in [4.69, 9.17) is 4.74 Å². The van der Waals surface area contributed by atoms with Gasteiger partial charge in [0, 0.05) is 23.7 Å². The van der Waals surface area contributed by atoms with Crippen LogP contribution in [0.15, 0.2) is 24.3 Å². The van der Waals surface area contributed by atoms with E-state index < -0.39 is 5.41 Å². The number of hydrogen-bond acceptors (Lipinski definition) is 5. The van der Waals surface area contributed by atoms with Crippen molar-refractivity contribution in [3.8, 4) is 0 Å². The van der Waals surface area contributed by atoms with Gasteiger partial charge in [-0.2, -0.15) is 0 Å². The Bertz CT molecular complexity index is 1190. The first-order valence-corrected chi connectivity index (χ1v) is 15.9. The van der Waals surface area contributed by atoms with Crippen LogP contribution in [0.25, 0.3) is 0 Å². The van der Waals surface area contributed by atoms with Crippen LogP contribution < -0.4 is 0 Å². The van der Waals surface area contributed by atoms with E-state index >= 15 is 0 Å². The van der Waals surface area contributed by atoms with Crippen molar-refractivity contribution < 1.29 is 24.3 Å². The summed E-state index contributed by atoms with van der Waals surface area (Å²) in [5.41, 5.74) is -0.0739. The molecule has 1 N–H and O–H groups in total. The molecule has 5 aliphatic rings. The van der Waals surface area contributed by atoms with Crippen molar-refractivity contribution in [2.45, 2.75) is 119 Å². The molecule has 6 heteroatoms. The molecule has 6 nitrogen and oxygen atoms in total. The van der Waals surface area contributed by atoms with Crippen LogP contribution in [-0.2, 0) is 19.1 Å². The summed E-state index contributed by atoms with van der Waals surface area (Å²) >= 11 is 0. The normalized spacial score (nSPS) is 46.6. The molecule has 0 aromatic heterocycles. The fourth-order valence-electron chi connectivity index (χ4n) is 11.3. The molecule has 5 rings (SSSR count). The third-order valence-corrected chi connectivity index (χ3v) is 13.9. The number of hydrogen-bond donors (Lipinski definition) is 1. The molecule has 1 unspecified atom stereocenters. The zero-order valence-corrected chi connectivity index (χ0v) is 26.8. The minimum absolute atomic E-state index is 0.0402. The van der Waals surface area contributed by atoms with Gasteiger partial charge >= 0.3 is 5.97 Å². The van der Waals surface area contributed by atoms with Crippen molar-refractivity contribution in [3.05, 3.63) is 24.3 Å². The number of nitrogens with zero attached hydrogens (tertiary/aromatic N) is 1. The summed E-state index contributed by atoms with van der Waals surface area (Å²) in [6.07, 6.45) is 11.6. The van der Waals surface area contributed by atoms with Crippen LogP contribution in [0.5, 0.6) is 0 Å². The highest BCUT2D eigenvalue weighted by Gasteiger charge is 2.70. The molecular weight excluding hydrogens is 514 g/mol. The Morgan fingerprint density at radius 2 is 1.68 bits per heavy atom. The lowest BCUT2D eigenvalue weighted by atomic mass is 9.33. The van der Waals surface area contributed by atoms with Gasteiger partial charge in [-0.25, -0.2) is 5.06 Å². The van der Waals surface area contributed by atoms with Crippen LogP contribution in [0.4, 0.5) is 0 Å². The van der Waals surface area contributed by atoms with Crippen molar-refractivity contribution in [1.29, 1.82) is 0 Å². The summed E-state index contributed by atoms with van der Waals surface area (Å²) < 4.78 is 5.85. The lowest BCUT2D eigenvalue weighted by molar-refractivity contribution is -0.210. The number of fused-ring (bicyclic) bond motifs is 7. The highest BCUT2D eigenvalue weighted by Crippen LogP contribution is 2.75. The van der Waals surface area contributed by atoms with Crippen molar-refractivity contribution in [1.82, 2.24) is 5.06 Å². The molecule has 1 amide bonds. The Morgan fingerprint density at radius 3 is 2.32 bits per heavy atom. The van der Waals surface area contributed by atoms with Gasteiger partial charge in [0.2, 0.25) is 0 Å². The molecule has 0 spiro atoms. The number of carbonyl (C=O) groups excluding carboxylic acids is 3. The summed E-state index contributed by atoms with van der Waals surface area (Å²) in [7, 11) is 0. The van der Waals surface area contributed by atoms with E-state index in [1.165, 1.54) is 12.5 Å². The second kappa shape index (κ2) is 9.53. The summed E-state index contributed by atoms with van der Waals surface area (Å²) in [6, 6.07) is 0. The molecule has 4 saturated carbocycles. The predicted molar refractivity (Wildman–Crippen MR) is 159 cm³/mol. The highest BCUT2D eigenvalue weighted by molar-refractivity contribution is 5.95. The van der Waals surface area contributed by atoms with E-state index in [0.29, 0.717) is 12.3 Å². The Labute approximate surface area is 247 Å². The van der Waals surface area contributed by atoms with Crippen LogP contribution in [0, 0.1) is 50.2 Å². The van der Waals surface area contributed by atoms with Gasteiger partial charge in [-0.05, 0) is 97.4 Å². The van der Waals surface area contributed by atoms with E-state index in [1.54, 1.807) is 6.08 Å². The maximum Gasteiger partial charge on any atom is 0.302 e. The monoisotopic (exact) mass is 567 g/mol. The molecule has 0 aromatic rings. The van der Waals surface area contributed by atoms with Gasteiger partial charge in [0.25, 0.3) is 5.91 Å². The number of allylic oxidation sites excluding steroid dienone is 2. The molecule has 228 valence electrons. The number of ketones is 1. The molecule has 0 heterocycles. The molecule has 4 fully saturated rings. The molecule has 0 aliphatic heterocycles. The summed E-state index contributed by atoms with van der Waals surface area (Å²) in [4.78, 5) is 39.9. The molecule has 0 aromatic carbocycles. The van der Waals surface area contributed by atoms with E-state index in [0.717, 1.165) is 56.4 Å². The van der Waals surface area contributed by atoms with Crippen LogP contribution >= 0.6 is 0 Å². The second-order valence-corrected chi connectivity index (χ2v) is 16.4. The Morgan fingerprint density at radius 1 is 1.02 bits per heavy atom. The number of rotatable bonds is 4. The standard InChI is InChI=1S/C35H53NO5/c1-10-19-36(40)29(39)32(6)16-15-31(5)17-18-34(8)23(24(31)21-32)20-25(38)28-33(7)13-12-27(41-22(2)37)30(3,4)26(33)11-14-35(28,34)9/h10,20,24,26-28,40H,1,11-19,21H2,2-9H3/t24-,26?,27-,28+,31+,32-,33-,34+,35+/m0/s1. The third-order valence-electron chi connectivity index (χ3n) is 13.9. The maximum atomic E-state index is 14.5. The second-order valence-electron chi connectivity index (χ2n) is 16.4. The Hall–Kier alpha value is -1.95. The van der Waals surface area contributed by atoms with Gasteiger partial charge in [-0.3, -0.25) is 19.6 Å². The minimum atomic E-state index is -0.676. The van der Waals surface area contributed by atoms with Gasteiger partial charge in [0.05, 0.1) is 6.54 Å². The van der Waals surface area contributed by atoms with Crippen LogP contribution in [0.2, 0.25) is 0 Å². The van der Waals surface area contributed by atoms with Gasteiger partial charge in [-0.15, -0.1) is 6.58 Å². The van der Waals surface area contributed by atoms with Crippen LogP contribution in [0.3, 0.4) is 0 Å². The van der Waals surface area contributed by atoms with Crippen molar-refractivity contribution in [3.63, 3.8) is 0 Å². The third kappa shape index (κ3) is 4.16. The maximum absolute atomic E-state index is 14.5. The number of amides is 1. The molecule has 5 aliphatic carbocycles. The predicted octanol–water partition coefficient (Wildman–Crippen LogP) is 7.30. The first-order valence-electron chi connectivity index (χ1n) is 15.9. The molecule has 0 saturated heterocycles. The molecule has 9 atom stereocenters. The van der Waals surface area contributed by atoms with Gasteiger partial charge in [0.15, 0.2) is 5.78 Å². The highest BCUT2D eigenvalue weighted by atomic mass is 16.5. The summed E-state index contributed by atoms with van der Waals surface area (Å²) in [6.45, 7) is 21.3. The fraction of sp³-hybridized carbons (Fsp3) is 0.800. The zero-order chi connectivity index (χ0) is 30.4. The van der Waals surface area contributed by atoms with E-state index in [-0.39, 0.29) is 69.2 Å². The first-order chi connectivity index (χ1) is 18.9. The zero-order valence-electron chi connectivity index (χ0n) is 26.8. The molecule has 0 bridgehead atoms. The number of esters is 1. The fourth-order valence-corrected chi connectivity index (χ4v) is 11.3. The Kier molecular flexibility index (Phi) is 7.09. The molecule has 41 heavy (non-hydrogen) atoms. The number of ether oxygens (including phenoxy) is 1. The molecule has 0 radical (unpaired) electrons. The van der Waals surface area contributed by atoms with Crippen molar-refractivity contribution >= 4 is 17.7 Å². The number of hydroxylamine groups is 2. The number of carbonyl (C=O) groups is 3. The smallest absolute Gasteiger partial charge is 0.302 e. The SMILES string of the molecule is C=CCN(O)C(=O)[C@@]1(C)CC[C@]2(C)CC[C@]3(C)C(=CC(=O)[C@@H]4[C@@]5(C)CC[C@H](OC(C)=O)C(C)(C)C5CC[C@]43C)[C@@H]2C1. The topological polar surface area (TPSA) is 83.9 Å². The van der Waals surface area contributed by atoms with Crippen molar-refractivity contribution in [2.75, 3.05) is 6.54 Å². The van der Waals surface area contributed by atoms with E-state index in [1.807, 2.05) is 13.0 Å². The first kappa shape index (κ1) is 30.5.